The van der Waals surface area contributed by atoms with Crippen LogP contribution in [0.3, 0.4) is 0 Å². The second kappa shape index (κ2) is 6.32. The molecule has 4 rings (SSSR count). The van der Waals surface area contributed by atoms with Crippen molar-refractivity contribution in [1.29, 1.82) is 0 Å². The third-order valence-corrected chi connectivity index (χ3v) is 4.04. The molecule has 3 heterocycles. The van der Waals surface area contributed by atoms with Crippen LogP contribution in [0.1, 0.15) is 11.5 Å². The van der Waals surface area contributed by atoms with Crippen molar-refractivity contribution in [3.8, 4) is 23.0 Å². The van der Waals surface area contributed by atoms with Gasteiger partial charge in [-0.05, 0) is 31.2 Å². The lowest BCUT2D eigenvalue weighted by atomic mass is 10.1. The number of furan rings is 1. The Morgan fingerprint density at radius 1 is 1.08 bits per heavy atom. The lowest BCUT2D eigenvalue weighted by Gasteiger charge is -1.95. The minimum absolute atomic E-state index is 0.418. The molecule has 0 bridgehead atoms. The fourth-order valence-corrected chi connectivity index (χ4v) is 2.62. The first-order valence-electron chi connectivity index (χ1n) is 7.18. The normalized spacial score (nSPS) is 11.0. The zero-order valence-electron chi connectivity index (χ0n) is 12.7. The van der Waals surface area contributed by atoms with E-state index < -0.39 is 0 Å². The molecule has 4 aromatic rings. The SMILES string of the molecule is Cc1ccc(-c2nnc(SCc3nc(-c4ccco4)no3)o2)cc1. The molecule has 0 N–H and O–H groups in total. The van der Waals surface area contributed by atoms with Crippen molar-refractivity contribution < 1.29 is 13.4 Å². The molecule has 3 aromatic heterocycles. The van der Waals surface area contributed by atoms with Crippen LogP contribution in [0.5, 0.6) is 0 Å². The van der Waals surface area contributed by atoms with Gasteiger partial charge in [0.2, 0.25) is 17.6 Å². The first-order valence-corrected chi connectivity index (χ1v) is 8.16. The van der Waals surface area contributed by atoms with Crippen LogP contribution < -0.4 is 0 Å². The molecule has 0 aliphatic rings. The molecule has 0 aliphatic heterocycles. The largest absolute Gasteiger partial charge is 0.461 e. The summed E-state index contributed by atoms with van der Waals surface area (Å²) in [5, 5.41) is 12.4. The highest BCUT2D eigenvalue weighted by Crippen LogP contribution is 2.26. The predicted octanol–water partition coefficient (Wildman–Crippen LogP) is 3.98. The van der Waals surface area contributed by atoms with Gasteiger partial charge >= 0.3 is 0 Å². The van der Waals surface area contributed by atoms with E-state index >= 15 is 0 Å². The lowest BCUT2D eigenvalue weighted by molar-refractivity contribution is 0.389. The summed E-state index contributed by atoms with van der Waals surface area (Å²) in [5.41, 5.74) is 2.06. The molecule has 0 unspecified atom stereocenters. The van der Waals surface area contributed by atoms with Gasteiger partial charge < -0.3 is 13.4 Å². The van der Waals surface area contributed by atoms with Crippen molar-refractivity contribution in [1.82, 2.24) is 20.3 Å². The zero-order chi connectivity index (χ0) is 16.4. The first-order chi connectivity index (χ1) is 11.8. The fraction of sp³-hybridized carbons (Fsp3) is 0.125. The number of benzene rings is 1. The number of nitrogens with zero attached hydrogens (tertiary/aromatic N) is 4. The highest BCUT2D eigenvalue weighted by molar-refractivity contribution is 7.98. The number of hydrogen-bond acceptors (Lipinski definition) is 8. The van der Waals surface area contributed by atoms with Crippen LogP contribution in [-0.2, 0) is 5.75 Å². The minimum Gasteiger partial charge on any atom is -0.461 e. The topological polar surface area (TPSA) is 91.0 Å². The van der Waals surface area contributed by atoms with Crippen LogP contribution in [0.2, 0.25) is 0 Å². The summed E-state index contributed by atoms with van der Waals surface area (Å²) in [7, 11) is 0. The van der Waals surface area contributed by atoms with Crippen LogP contribution >= 0.6 is 11.8 Å². The van der Waals surface area contributed by atoms with E-state index in [-0.39, 0.29) is 0 Å². The lowest BCUT2D eigenvalue weighted by Crippen LogP contribution is -1.81. The highest BCUT2D eigenvalue weighted by atomic mass is 32.2. The van der Waals surface area contributed by atoms with E-state index in [1.165, 1.54) is 17.3 Å². The van der Waals surface area contributed by atoms with E-state index in [0.717, 1.165) is 5.56 Å². The Hall–Kier alpha value is -2.87. The maximum absolute atomic E-state index is 5.64. The Labute approximate surface area is 141 Å². The van der Waals surface area contributed by atoms with Gasteiger partial charge in [-0.1, -0.05) is 34.6 Å². The summed E-state index contributed by atoms with van der Waals surface area (Å²) in [4.78, 5) is 4.26. The Morgan fingerprint density at radius 3 is 2.75 bits per heavy atom. The average Bonchev–Trinajstić information content (AvgIpc) is 3.34. The monoisotopic (exact) mass is 340 g/mol. The minimum atomic E-state index is 0.418. The molecule has 0 atom stereocenters. The van der Waals surface area contributed by atoms with Crippen molar-refractivity contribution in [2.45, 2.75) is 17.9 Å². The Bertz CT molecular complexity index is 929. The highest BCUT2D eigenvalue weighted by Gasteiger charge is 2.14. The number of aryl methyl sites for hydroxylation is 1. The van der Waals surface area contributed by atoms with Gasteiger partial charge in [-0.2, -0.15) is 4.98 Å². The van der Waals surface area contributed by atoms with Crippen molar-refractivity contribution >= 4 is 11.8 Å². The van der Waals surface area contributed by atoms with Crippen molar-refractivity contribution in [2.75, 3.05) is 0 Å². The maximum atomic E-state index is 5.64. The van der Waals surface area contributed by atoms with Crippen molar-refractivity contribution in [2.24, 2.45) is 0 Å². The van der Waals surface area contributed by atoms with Crippen LogP contribution in [0, 0.1) is 6.92 Å². The summed E-state index contributed by atoms with van der Waals surface area (Å²) in [5.74, 6) is 2.36. The molecule has 120 valence electrons. The molecular formula is C16H12N4O3S. The predicted molar refractivity (Wildman–Crippen MR) is 86.0 cm³/mol. The first kappa shape index (κ1) is 14.7. The molecule has 0 fully saturated rings. The van der Waals surface area contributed by atoms with Crippen molar-refractivity contribution in [3.05, 3.63) is 54.1 Å². The molecule has 8 heteroatoms. The molecule has 0 aliphatic carbocycles. The fourth-order valence-electron chi connectivity index (χ4n) is 2.02. The van der Waals surface area contributed by atoms with E-state index in [4.69, 9.17) is 13.4 Å². The van der Waals surface area contributed by atoms with E-state index in [1.807, 2.05) is 31.2 Å². The maximum Gasteiger partial charge on any atom is 0.277 e. The molecule has 0 radical (unpaired) electrons. The van der Waals surface area contributed by atoms with Crippen LogP contribution in [0.25, 0.3) is 23.0 Å². The van der Waals surface area contributed by atoms with Gasteiger partial charge in [0.25, 0.3) is 5.22 Å². The Kier molecular flexibility index (Phi) is 3.87. The molecule has 1 aromatic carbocycles. The number of rotatable bonds is 5. The molecule has 0 amide bonds. The van der Waals surface area contributed by atoms with Gasteiger partial charge in [0.05, 0.1) is 12.0 Å². The quantitative estimate of drug-likeness (QED) is 0.504. The molecule has 0 saturated carbocycles. The molecule has 24 heavy (non-hydrogen) atoms. The van der Waals surface area contributed by atoms with E-state index in [0.29, 0.717) is 34.3 Å². The smallest absolute Gasteiger partial charge is 0.277 e. The summed E-state index contributed by atoms with van der Waals surface area (Å²) in [6, 6.07) is 11.4. The van der Waals surface area contributed by atoms with Gasteiger partial charge in [-0.25, -0.2) is 0 Å². The van der Waals surface area contributed by atoms with Gasteiger partial charge in [0, 0.05) is 5.56 Å². The van der Waals surface area contributed by atoms with Crippen molar-refractivity contribution in [3.63, 3.8) is 0 Å². The van der Waals surface area contributed by atoms with Crippen LogP contribution in [0.4, 0.5) is 0 Å². The average molecular weight is 340 g/mol. The second-order valence-electron chi connectivity index (χ2n) is 5.02. The molecule has 7 nitrogen and oxygen atoms in total. The van der Waals surface area contributed by atoms with E-state index in [1.54, 1.807) is 18.4 Å². The van der Waals surface area contributed by atoms with E-state index in [2.05, 4.69) is 20.3 Å². The summed E-state index contributed by atoms with van der Waals surface area (Å²) in [6.07, 6.45) is 1.56. The Balaban J connectivity index is 1.42. The van der Waals surface area contributed by atoms with Gasteiger partial charge in [0.1, 0.15) is 0 Å². The number of aromatic nitrogens is 4. The summed E-state index contributed by atoms with van der Waals surface area (Å²) in [6.45, 7) is 2.03. The van der Waals surface area contributed by atoms with Crippen LogP contribution in [0.15, 0.2) is 61.2 Å². The zero-order valence-corrected chi connectivity index (χ0v) is 13.5. The standard InChI is InChI=1S/C16H12N4O3S/c1-10-4-6-11(7-5-10)15-18-19-16(22-15)24-9-13-17-14(20-23-13)12-3-2-8-21-12/h2-8H,9H2,1H3. The number of thioether (sulfide) groups is 1. The summed E-state index contributed by atoms with van der Waals surface area (Å²) >= 11 is 1.34. The van der Waals surface area contributed by atoms with Gasteiger partial charge in [-0.3, -0.25) is 0 Å². The van der Waals surface area contributed by atoms with Gasteiger partial charge in [-0.15, -0.1) is 10.2 Å². The Morgan fingerprint density at radius 2 is 1.96 bits per heavy atom. The molecular weight excluding hydrogens is 328 g/mol. The van der Waals surface area contributed by atoms with E-state index in [9.17, 15) is 0 Å². The summed E-state index contributed by atoms with van der Waals surface area (Å²) < 4.78 is 16.0. The molecule has 0 saturated heterocycles. The third-order valence-electron chi connectivity index (χ3n) is 3.23. The van der Waals surface area contributed by atoms with Gasteiger partial charge in [0.15, 0.2) is 5.76 Å². The molecule has 0 spiro atoms. The second-order valence-corrected chi connectivity index (χ2v) is 5.94. The van der Waals surface area contributed by atoms with Crippen LogP contribution in [-0.4, -0.2) is 20.3 Å². The third kappa shape index (κ3) is 3.09. The number of hydrogen-bond donors (Lipinski definition) is 0.